The van der Waals surface area contributed by atoms with Crippen LogP contribution in [-0.2, 0) is 4.79 Å². The fraction of sp³-hybridized carbons (Fsp3) is 0.625. The Morgan fingerprint density at radius 2 is 1.83 bits per heavy atom. The minimum Gasteiger partial charge on any atom is -0.276 e. The molecule has 0 aromatic carbocycles. The normalized spacial score (nSPS) is 9.67. The van der Waals surface area contributed by atoms with Crippen molar-refractivity contribution >= 4 is 40.4 Å². The Kier molecular flexibility index (Phi) is 7.10. The Labute approximate surface area is 87.3 Å². The van der Waals surface area contributed by atoms with Crippen molar-refractivity contribution in [1.82, 2.24) is 0 Å². The van der Waals surface area contributed by atoms with E-state index in [1.807, 2.05) is 19.4 Å². The van der Waals surface area contributed by atoms with Crippen molar-refractivity contribution in [2.45, 2.75) is 19.8 Å². The topological polar surface area (TPSA) is 17.1 Å². The number of hydrogen-bond acceptors (Lipinski definition) is 3. The van der Waals surface area contributed by atoms with Crippen molar-refractivity contribution in [3.05, 3.63) is 9.81 Å². The molecule has 1 nitrogen and oxygen atoms in total. The molecule has 0 bridgehead atoms. The lowest BCUT2D eigenvalue weighted by Crippen LogP contribution is -1.95. The van der Waals surface area contributed by atoms with Crippen molar-refractivity contribution < 1.29 is 4.79 Å². The van der Waals surface area contributed by atoms with Gasteiger partial charge in [0, 0.05) is 9.81 Å². The number of carbonyl (C=O) groups excluding carboxylic acids is 1. The maximum Gasteiger partial charge on any atom is 0.249 e. The van der Waals surface area contributed by atoms with Gasteiger partial charge in [-0.25, -0.2) is 0 Å². The smallest absolute Gasteiger partial charge is 0.249 e. The lowest BCUT2D eigenvalue weighted by molar-refractivity contribution is -0.108. The monoisotopic (exact) mass is 224 g/mol. The van der Waals surface area contributed by atoms with Crippen LogP contribution in [0.5, 0.6) is 0 Å². The van der Waals surface area contributed by atoms with Crippen LogP contribution in [0.25, 0.3) is 0 Å². The average molecular weight is 225 g/mol. The first-order valence-corrected chi connectivity index (χ1v) is 6.51. The van der Waals surface area contributed by atoms with Crippen molar-refractivity contribution in [1.29, 1.82) is 0 Å². The van der Waals surface area contributed by atoms with Gasteiger partial charge < -0.3 is 0 Å². The highest BCUT2D eigenvalue weighted by atomic mass is 35.5. The zero-order valence-electron chi connectivity index (χ0n) is 7.52. The number of carbonyl (C=O) groups is 1. The molecule has 0 amide bonds. The molecule has 70 valence electrons. The van der Waals surface area contributed by atoms with Crippen LogP contribution >= 0.6 is 35.1 Å². The number of halogens is 1. The molecule has 0 saturated heterocycles. The lowest BCUT2D eigenvalue weighted by atomic mass is 10.2. The molecule has 0 aliphatic carbocycles. The molecule has 0 heterocycles. The Hall–Kier alpha value is 0.400. The summed E-state index contributed by atoms with van der Waals surface area (Å²) in [6, 6.07) is 0. The standard InChI is InChI=1S/C8H13ClOS2/c1-4-5-6(7(9)10)8(11-2)12-3/h4-5H2,1-3H3. The van der Waals surface area contributed by atoms with Gasteiger partial charge in [0.2, 0.25) is 5.24 Å². The number of allylic oxidation sites excluding steroid dienone is 1. The molecule has 0 aromatic heterocycles. The summed E-state index contributed by atoms with van der Waals surface area (Å²) in [5, 5.41) is -0.310. The molecule has 4 heteroatoms. The predicted molar refractivity (Wildman–Crippen MR) is 59.8 cm³/mol. The van der Waals surface area contributed by atoms with Crippen LogP contribution in [0.4, 0.5) is 0 Å². The summed E-state index contributed by atoms with van der Waals surface area (Å²) in [6.07, 6.45) is 5.65. The highest BCUT2D eigenvalue weighted by Crippen LogP contribution is 2.30. The van der Waals surface area contributed by atoms with E-state index in [1.165, 1.54) is 0 Å². The van der Waals surface area contributed by atoms with Gasteiger partial charge in [0.15, 0.2) is 0 Å². The van der Waals surface area contributed by atoms with Gasteiger partial charge in [0.1, 0.15) is 0 Å². The molecule has 0 radical (unpaired) electrons. The Morgan fingerprint density at radius 1 is 1.33 bits per heavy atom. The second kappa shape index (κ2) is 6.87. The third-order valence-corrected chi connectivity index (χ3v) is 3.82. The Balaban J connectivity index is 4.63. The van der Waals surface area contributed by atoms with E-state index >= 15 is 0 Å². The number of rotatable bonds is 5. The molecule has 0 aromatic rings. The quantitative estimate of drug-likeness (QED) is 0.526. The molecule has 0 unspecified atom stereocenters. The van der Waals surface area contributed by atoms with Crippen LogP contribution in [0.1, 0.15) is 19.8 Å². The molecule has 0 aliphatic heterocycles. The highest BCUT2D eigenvalue weighted by molar-refractivity contribution is 8.21. The summed E-state index contributed by atoms with van der Waals surface area (Å²) in [6.45, 7) is 2.04. The van der Waals surface area contributed by atoms with E-state index in [2.05, 4.69) is 0 Å². The van der Waals surface area contributed by atoms with Crippen LogP contribution < -0.4 is 0 Å². The first kappa shape index (κ1) is 12.4. The summed E-state index contributed by atoms with van der Waals surface area (Å²) in [5.74, 6) is 0. The van der Waals surface area contributed by atoms with Gasteiger partial charge in [-0.2, -0.15) is 0 Å². The molecule has 0 saturated carbocycles. The van der Waals surface area contributed by atoms with E-state index < -0.39 is 0 Å². The molecular formula is C8H13ClOS2. The molecule has 0 N–H and O–H groups in total. The summed E-state index contributed by atoms with van der Waals surface area (Å²) in [4.78, 5) is 11.0. The molecule has 12 heavy (non-hydrogen) atoms. The van der Waals surface area contributed by atoms with Crippen LogP contribution in [0, 0.1) is 0 Å². The zero-order valence-corrected chi connectivity index (χ0v) is 9.91. The van der Waals surface area contributed by atoms with E-state index in [1.54, 1.807) is 23.5 Å². The zero-order chi connectivity index (χ0) is 9.56. The van der Waals surface area contributed by atoms with E-state index in [0.717, 1.165) is 22.7 Å². The maximum absolute atomic E-state index is 11.0. The van der Waals surface area contributed by atoms with Gasteiger partial charge in [-0.3, -0.25) is 4.79 Å². The van der Waals surface area contributed by atoms with Crippen molar-refractivity contribution in [2.24, 2.45) is 0 Å². The van der Waals surface area contributed by atoms with Crippen molar-refractivity contribution in [3.63, 3.8) is 0 Å². The Morgan fingerprint density at radius 3 is 2.08 bits per heavy atom. The minimum atomic E-state index is -0.310. The van der Waals surface area contributed by atoms with Gasteiger partial charge in [0.05, 0.1) is 0 Å². The van der Waals surface area contributed by atoms with Crippen LogP contribution in [0.15, 0.2) is 9.81 Å². The predicted octanol–water partition coefficient (Wildman–Crippen LogP) is 3.49. The molecule has 0 spiro atoms. The van der Waals surface area contributed by atoms with Gasteiger partial charge in [-0.15, -0.1) is 23.5 Å². The average Bonchev–Trinajstić information content (AvgIpc) is 2.05. The van der Waals surface area contributed by atoms with Gasteiger partial charge >= 0.3 is 0 Å². The number of hydrogen-bond donors (Lipinski definition) is 0. The third-order valence-electron chi connectivity index (χ3n) is 1.35. The second-order valence-electron chi connectivity index (χ2n) is 2.20. The Bertz CT molecular complexity index is 183. The second-order valence-corrected chi connectivity index (χ2v) is 4.43. The van der Waals surface area contributed by atoms with Gasteiger partial charge in [-0.05, 0) is 30.5 Å². The fourth-order valence-corrected chi connectivity index (χ4v) is 2.71. The maximum atomic E-state index is 11.0. The first-order chi connectivity index (χ1) is 5.67. The summed E-state index contributed by atoms with van der Waals surface area (Å²) >= 11 is 8.62. The fourth-order valence-electron chi connectivity index (χ4n) is 0.860. The van der Waals surface area contributed by atoms with E-state index in [4.69, 9.17) is 11.6 Å². The first-order valence-electron chi connectivity index (χ1n) is 3.68. The summed E-state index contributed by atoms with van der Waals surface area (Å²) in [7, 11) is 0. The number of thioether (sulfide) groups is 2. The molecule has 0 aliphatic rings. The van der Waals surface area contributed by atoms with E-state index in [-0.39, 0.29) is 5.24 Å². The minimum absolute atomic E-state index is 0.310. The van der Waals surface area contributed by atoms with Crippen LogP contribution in [-0.4, -0.2) is 17.8 Å². The largest absolute Gasteiger partial charge is 0.276 e. The van der Waals surface area contributed by atoms with Crippen LogP contribution in [0.2, 0.25) is 0 Å². The summed E-state index contributed by atoms with van der Waals surface area (Å²) < 4.78 is 1.04. The molecule has 0 rings (SSSR count). The van der Waals surface area contributed by atoms with Crippen LogP contribution in [0.3, 0.4) is 0 Å². The molecular weight excluding hydrogens is 212 g/mol. The lowest BCUT2D eigenvalue weighted by Gasteiger charge is -2.05. The van der Waals surface area contributed by atoms with Gasteiger partial charge in [-0.1, -0.05) is 13.3 Å². The SMILES string of the molecule is CCCC(C(=O)Cl)=C(SC)SC. The van der Waals surface area contributed by atoms with Crippen molar-refractivity contribution in [3.8, 4) is 0 Å². The summed E-state index contributed by atoms with van der Waals surface area (Å²) in [5.41, 5.74) is 0.763. The molecule has 0 atom stereocenters. The van der Waals surface area contributed by atoms with Crippen molar-refractivity contribution in [2.75, 3.05) is 12.5 Å². The van der Waals surface area contributed by atoms with Gasteiger partial charge in [0.25, 0.3) is 0 Å². The highest BCUT2D eigenvalue weighted by Gasteiger charge is 2.10. The molecule has 0 fully saturated rings. The van der Waals surface area contributed by atoms with E-state index in [0.29, 0.717) is 0 Å². The van der Waals surface area contributed by atoms with E-state index in [9.17, 15) is 4.79 Å². The third kappa shape index (κ3) is 3.87.